The van der Waals surface area contributed by atoms with Crippen molar-refractivity contribution < 1.29 is 30.9 Å². The number of rotatable bonds is 10. The first kappa shape index (κ1) is 30.8. The summed E-state index contributed by atoms with van der Waals surface area (Å²) in [5.74, 6) is -4.58. The summed E-state index contributed by atoms with van der Waals surface area (Å²) in [5.41, 5.74) is 1.79. The third-order valence-electron chi connectivity index (χ3n) is 6.92. The van der Waals surface area contributed by atoms with Crippen LogP contribution in [0, 0.1) is 10.8 Å². The van der Waals surface area contributed by atoms with Crippen LogP contribution in [0.3, 0.4) is 0 Å². The van der Waals surface area contributed by atoms with Crippen LogP contribution in [0.25, 0.3) is 10.8 Å². The Labute approximate surface area is 243 Å². The number of nitrogens with one attached hydrogen (secondary N) is 4. The molecule has 4 rings (SSSR count). The molecule has 4 N–H and O–H groups in total. The van der Waals surface area contributed by atoms with E-state index in [1.165, 1.54) is 0 Å². The van der Waals surface area contributed by atoms with Crippen molar-refractivity contribution in [3.05, 3.63) is 71.8 Å². The molecule has 42 heavy (non-hydrogen) atoms. The second kappa shape index (κ2) is 12.8. The zero-order valence-corrected chi connectivity index (χ0v) is 24.1. The van der Waals surface area contributed by atoms with Gasteiger partial charge in [-0.05, 0) is 59.7 Å². The van der Waals surface area contributed by atoms with Gasteiger partial charge in [0.2, 0.25) is 0 Å². The van der Waals surface area contributed by atoms with Crippen LogP contribution in [0.2, 0.25) is 0 Å². The number of ether oxygens (including phenoxy) is 1. The molecule has 1 aliphatic rings. The number of carbonyl (C=O) groups excluding carboxylic acids is 1. The van der Waals surface area contributed by atoms with Gasteiger partial charge in [-0.2, -0.15) is 21.9 Å². The molecule has 3 aromatic carbocycles. The number of hydrogen-bond donors (Lipinski definition) is 4. The standard InChI is InChI=1S/C29H33F2N5O5S/c1-3-29(30,31)28(37)41-42(38,39)34-18-20-4-5-21-6-7-22(17-23(21)16-20)27(33)35-24-8-10-25(11-9-24)40-26-12-14-36(15-13-26)19(2)32/h4-11,16-17,26,32,34H,3,12-15,18H2,1-2H3,(H2,33,35). The molecule has 1 fully saturated rings. The summed E-state index contributed by atoms with van der Waals surface area (Å²) in [7, 11) is -4.74. The lowest BCUT2D eigenvalue weighted by Gasteiger charge is -2.32. The fraction of sp³-hybridized carbons (Fsp3) is 0.345. The number of piperidine rings is 1. The Morgan fingerprint density at radius 3 is 2.33 bits per heavy atom. The summed E-state index contributed by atoms with van der Waals surface area (Å²) in [4.78, 5) is 13.5. The van der Waals surface area contributed by atoms with Crippen molar-refractivity contribution >= 4 is 44.4 Å². The van der Waals surface area contributed by atoms with Gasteiger partial charge in [0.15, 0.2) is 0 Å². The van der Waals surface area contributed by atoms with Crippen molar-refractivity contribution in [2.45, 2.75) is 51.7 Å². The Kier molecular flexibility index (Phi) is 9.42. The third-order valence-corrected chi connectivity index (χ3v) is 7.79. The minimum atomic E-state index is -4.74. The Bertz CT molecular complexity index is 1570. The van der Waals surface area contributed by atoms with Crippen molar-refractivity contribution in [2.75, 3.05) is 18.4 Å². The molecule has 10 nitrogen and oxygen atoms in total. The fourth-order valence-corrected chi connectivity index (χ4v) is 5.13. The lowest BCUT2D eigenvalue weighted by Crippen LogP contribution is -2.40. The fourth-order valence-electron chi connectivity index (χ4n) is 4.40. The molecule has 0 bridgehead atoms. The number of likely N-dealkylation sites (tertiary alicyclic amines) is 1. The summed E-state index contributed by atoms with van der Waals surface area (Å²) in [6.07, 6.45) is 0.907. The summed E-state index contributed by atoms with van der Waals surface area (Å²) in [6, 6.07) is 17.8. The molecule has 0 atom stereocenters. The molecule has 1 aliphatic heterocycles. The number of anilines is 1. The van der Waals surface area contributed by atoms with Crippen molar-refractivity contribution in [1.29, 1.82) is 10.8 Å². The molecule has 0 aliphatic carbocycles. The Balaban J connectivity index is 1.35. The van der Waals surface area contributed by atoms with E-state index >= 15 is 0 Å². The quantitative estimate of drug-likeness (QED) is 0.188. The first-order valence-corrected chi connectivity index (χ1v) is 14.8. The van der Waals surface area contributed by atoms with Gasteiger partial charge in [0.1, 0.15) is 17.7 Å². The third kappa shape index (κ3) is 8.01. The zero-order valence-electron chi connectivity index (χ0n) is 23.2. The van der Waals surface area contributed by atoms with Crippen molar-refractivity contribution in [1.82, 2.24) is 9.62 Å². The van der Waals surface area contributed by atoms with Gasteiger partial charge in [-0.15, -0.1) is 0 Å². The van der Waals surface area contributed by atoms with Gasteiger partial charge < -0.3 is 19.1 Å². The molecular weight excluding hydrogens is 568 g/mol. The minimum absolute atomic E-state index is 0.0938. The molecule has 0 saturated carbocycles. The van der Waals surface area contributed by atoms with Crippen LogP contribution in [-0.4, -0.2) is 56.1 Å². The normalized spacial score (nSPS) is 14.4. The first-order valence-electron chi connectivity index (χ1n) is 13.4. The Hall–Kier alpha value is -4.10. The molecule has 0 unspecified atom stereocenters. The highest BCUT2D eigenvalue weighted by Crippen LogP contribution is 2.24. The lowest BCUT2D eigenvalue weighted by molar-refractivity contribution is -0.161. The van der Waals surface area contributed by atoms with Crippen molar-refractivity contribution in [3.8, 4) is 5.75 Å². The second-order valence-electron chi connectivity index (χ2n) is 10.0. The molecule has 0 spiro atoms. The van der Waals surface area contributed by atoms with Gasteiger partial charge in [0.05, 0.1) is 5.84 Å². The lowest BCUT2D eigenvalue weighted by atomic mass is 10.0. The highest BCUT2D eigenvalue weighted by Gasteiger charge is 2.41. The second-order valence-corrected chi connectivity index (χ2v) is 11.4. The summed E-state index contributed by atoms with van der Waals surface area (Å²) < 4.78 is 62.8. The highest BCUT2D eigenvalue weighted by molar-refractivity contribution is 7.85. The number of fused-ring (bicyclic) bond motifs is 1. The number of alkyl halides is 2. The van der Waals surface area contributed by atoms with Crippen molar-refractivity contribution in [3.63, 3.8) is 0 Å². The monoisotopic (exact) mass is 601 g/mol. The van der Waals surface area contributed by atoms with Crippen LogP contribution in [0.5, 0.6) is 5.75 Å². The number of carbonyl (C=O) groups is 1. The van der Waals surface area contributed by atoms with Crippen LogP contribution >= 0.6 is 0 Å². The van der Waals surface area contributed by atoms with Crippen LogP contribution in [-0.2, 0) is 25.8 Å². The van der Waals surface area contributed by atoms with E-state index in [2.05, 4.69) is 9.50 Å². The maximum Gasteiger partial charge on any atom is 0.393 e. The van der Waals surface area contributed by atoms with Gasteiger partial charge in [-0.1, -0.05) is 31.2 Å². The summed E-state index contributed by atoms with van der Waals surface area (Å²) in [5, 5.41) is 20.9. The average molecular weight is 602 g/mol. The molecule has 1 heterocycles. The molecule has 0 amide bonds. The topological polar surface area (TPSA) is 145 Å². The Morgan fingerprint density at radius 2 is 1.69 bits per heavy atom. The average Bonchev–Trinajstić information content (AvgIpc) is 2.96. The van der Waals surface area contributed by atoms with Crippen molar-refractivity contribution in [2.24, 2.45) is 0 Å². The number of benzene rings is 3. The van der Waals surface area contributed by atoms with E-state index in [1.807, 2.05) is 40.0 Å². The predicted molar refractivity (Wildman–Crippen MR) is 157 cm³/mol. The van der Waals surface area contributed by atoms with Gasteiger partial charge in [-0.3, -0.25) is 10.8 Å². The van der Waals surface area contributed by atoms with E-state index in [9.17, 15) is 22.0 Å². The van der Waals surface area contributed by atoms with E-state index in [0.717, 1.165) is 49.4 Å². The number of amidine groups is 2. The maximum atomic E-state index is 13.4. The zero-order chi connectivity index (χ0) is 30.5. The minimum Gasteiger partial charge on any atom is -0.490 e. The van der Waals surface area contributed by atoms with Crippen LogP contribution in [0.4, 0.5) is 14.5 Å². The summed E-state index contributed by atoms with van der Waals surface area (Å²) in [6.45, 7) is 4.14. The predicted octanol–water partition coefficient (Wildman–Crippen LogP) is 5.04. The van der Waals surface area contributed by atoms with Crippen LogP contribution in [0.15, 0.2) is 60.7 Å². The number of hydrogen-bond acceptors (Lipinski definition) is 7. The summed E-state index contributed by atoms with van der Waals surface area (Å²) >= 11 is 0. The molecule has 3 aromatic rings. The van der Waals surface area contributed by atoms with Gasteiger partial charge in [0.25, 0.3) is 0 Å². The molecule has 0 aromatic heterocycles. The number of nitrogens with zero attached hydrogens (tertiary/aromatic N) is 1. The molecular formula is C29H33F2N5O5S. The van der Waals surface area contributed by atoms with E-state index in [-0.39, 0.29) is 18.5 Å². The van der Waals surface area contributed by atoms with Gasteiger partial charge >= 0.3 is 22.2 Å². The highest BCUT2D eigenvalue weighted by atomic mass is 32.2. The Morgan fingerprint density at radius 1 is 1.02 bits per heavy atom. The molecule has 224 valence electrons. The molecule has 0 radical (unpaired) electrons. The van der Waals surface area contributed by atoms with Crippen LogP contribution < -0.4 is 14.8 Å². The van der Waals surface area contributed by atoms with E-state index < -0.39 is 28.6 Å². The largest absolute Gasteiger partial charge is 0.490 e. The van der Waals surface area contributed by atoms with Gasteiger partial charge in [-0.25, -0.2) is 4.79 Å². The maximum absolute atomic E-state index is 13.4. The first-order chi connectivity index (χ1) is 19.8. The van der Waals surface area contributed by atoms with Crippen LogP contribution in [0.1, 0.15) is 44.2 Å². The number of halogens is 2. The smallest absolute Gasteiger partial charge is 0.393 e. The molecule has 1 saturated heterocycles. The van der Waals surface area contributed by atoms with E-state index in [0.29, 0.717) is 22.6 Å². The van der Waals surface area contributed by atoms with E-state index in [4.69, 9.17) is 15.6 Å². The van der Waals surface area contributed by atoms with E-state index in [1.54, 1.807) is 37.3 Å². The van der Waals surface area contributed by atoms with Gasteiger partial charge in [0, 0.05) is 50.1 Å². The molecule has 13 heteroatoms. The SMILES string of the molecule is CCC(F)(F)C(=O)OS(=O)(=O)NCc1ccc2ccc(C(=N)Nc3ccc(OC4CCN(C(C)=N)CC4)cc3)cc2c1.